The summed E-state index contributed by atoms with van der Waals surface area (Å²) in [6.07, 6.45) is 3.73. The van der Waals surface area contributed by atoms with Gasteiger partial charge in [-0.2, -0.15) is 0 Å². The Morgan fingerprint density at radius 1 is 1.00 bits per heavy atom. The molecule has 0 heterocycles. The van der Waals surface area contributed by atoms with Crippen molar-refractivity contribution in [1.82, 2.24) is 0 Å². The van der Waals surface area contributed by atoms with E-state index in [4.69, 9.17) is 4.74 Å². The molecule has 0 fully saturated rings. The Morgan fingerprint density at radius 2 is 1.52 bits per heavy atom. The van der Waals surface area contributed by atoms with Crippen LogP contribution in [0.2, 0.25) is 0 Å². The van der Waals surface area contributed by atoms with Crippen LogP contribution in [0.15, 0.2) is 30.3 Å². The minimum Gasteiger partial charge on any atom is -0.385 e. The molecule has 0 saturated heterocycles. The maximum absolute atomic E-state index is 10.9. The molecule has 1 aromatic rings. The van der Waals surface area contributed by atoms with E-state index in [1.54, 1.807) is 6.92 Å². The van der Waals surface area contributed by atoms with Crippen molar-refractivity contribution in [2.24, 2.45) is 0 Å². The van der Waals surface area contributed by atoms with E-state index >= 15 is 0 Å². The predicted octanol–water partition coefficient (Wildman–Crippen LogP) is 2.51. The fraction of sp³-hybridized carbons (Fsp3) is 0.647. The van der Waals surface area contributed by atoms with Gasteiger partial charge in [-0.05, 0) is 38.8 Å². The van der Waals surface area contributed by atoms with Crippen LogP contribution in [0, 0.1) is 0 Å². The number of benzene rings is 1. The van der Waals surface area contributed by atoms with E-state index in [9.17, 15) is 15.3 Å². The highest BCUT2D eigenvalue weighted by Crippen LogP contribution is 2.42. The lowest BCUT2D eigenvalue weighted by Crippen LogP contribution is -2.68. The normalized spacial score (nSPS) is 19.9. The fourth-order valence-electron chi connectivity index (χ4n) is 2.41. The molecular formula is C17H28O4S2. The average Bonchev–Trinajstić information content (AvgIpc) is 2.48. The third-order valence-electron chi connectivity index (χ3n) is 4.42. The number of hydrogen-bond acceptors (Lipinski definition) is 6. The molecule has 0 spiro atoms. The van der Waals surface area contributed by atoms with Crippen LogP contribution in [0.5, 0.6) is 0 Å². The zero-order valence-electron chi connectivity index (χ0n) is 14.4. The minimum absolute atomic E-state index is 0.0828. The Hall–Kier alpha value is -0.240. The average molecular weight is 361 g/mol. The highest BCUT2D eigenvalue weighted by Gasteiger charge is 2.57. The summed E-state index contributed by atoms with van der Waals surface area (Å²) in [5.74, 6) is 0. The molecule has 0 saturated carbocycles. The second kappa shape index (κ2) is 8.23. The molecule has 0 aromatic heterocycles. The SMILES string of the molecule is CSC(SC)C(C)(O)C(C)(O)C(C)(O)COCc1ccccc1. The van der Waals surface area contributed by atoms with Crippen LogP contribution in [0.25, 0.3) is 0 Å². The Balaban J connectivity index is 2.79. The molecule has 3 atom stereocenters. The first-order valence-electron chi connectivity index (χ1n) is 7.44. The van der Waals surface area contributed by atoms with Crippen molar-refractivity contribution in [3.05, 3.63) is 35.9 Å². The van der Waals surface area contributed by atoms with Crippen LogP contribution in [-0.2, 0) is 11.3 Å². The van der Waals surface area contributed by atoms with Crippen molar-refractivity contribution in [3.63, 3.8) is 0 Å². The minimum atomic E-state index is -1.74. The molecule has 23 heavy (non-hydrogen) atoms. The molecule has 0 aliphatic heterocycles. The maximum atomic E-state index is 10.9. The van der Waals surface area contributed by atoms with Gasteiger partial charge in [0.25, 0.3) is 0 Å². The first-order chi connectivity index (χ1) is 10.6. The molecule has 3 unspecified atom stereocenters. The van der Waals surface area contributed by atoms with Crippen LogP contribution < -0.4 is 0 Å². The lowest BCUT2D eigenvalue weighted by atomic mass is 9.74. The van der Waals surface area contributed by atoms with Gasteiger partial charge in [-0.3, -0.25) is 0 Å². The van der Waals surface area contributed by atoms with Gasteiger partial charge in [0.05, 0.1) is 17.8 Å². The summed E-state index contributed by atoms with van der Waals surface area (Å²) in [6, 6.07) is 9.62. The van der Waals surface area contributed by atoms with Gasteiger partial charge in [-0.25, -0.2) is 0 Å². The van der Waals surface area contributed by atoms with Gasteiger partial charge >= 0.3 is 0 Å². The van der Waals surface area contributed by atoms with Crippen LogP contribution in [0.3, 0.4) is 0 Å². The monoisotopic (exact) mass is 360 g/mol. The van der Waals surface area contributed by atoms with E-state index in [0.29, 0.717) is 6.61 Å². The molecule has 4 nitrogen and oxygen atoms in total. The van der Waals surface area contributed by atoms with Gasteiger partial charge in [0.1, 0.15) is 16.8 Å². The van der Waals surface area contributed by atoms with Crippen LogP contribution in [-0.4, -0.2) is 55.8 Å². The quantitative estimate of drug-likeness (QED) is 0.588. The van der Waals surface area contributed by atoms with Gasteiger partial charge in [0.2, 0.25) is 0 Å². The summed E-state index contributed by atoms with van der Waals surface area (Å²) in [5.41, 5.74) is -3.85. The highest BCUT2D eigenvalue weighted by molar-refractivity contribution is 8.16. The topological polar surface area (TPSA) is 69.9 Å². The predicted molar refractivity (Wildman–Crippen MR) is 98.8 cm³/mol. The number of aliphatic hydroxyl groups is 3. The molecule has 1 rings (SSSR count). The van der Waals surface area contributed by atoms with Crippen molar-refractivity contribution >= 4 is 23.5 Å². The largest absolute Gasteiger partial charge is 0.385 e. The molecule has 0 bridgehead atoms. The summed E-state index contributed by atoms with van der Waals surface area (Å²) in [4.78, 5) is 0. The molecule has 0 aliphatic rings. The zero-order chi connectivity index (χ0) is 17.7. The van der Waals surface area contributed by atoms with Crippen molar-refractivity contribution in [2.75, 3.05) is 19.1 Å². The summed E-state index contributed by atoms with van der Waals surface area (Å²) < 4.78 is 5.30. The lowest BCUT2D eigenvalue weighted by Gasteiger charge is -2.49. The highest BCUT2D eigenvalue weighted by atomic mass is 32.2. The first-order valence-corrected chi connectivity index (χ1v) is 10.0. The number of rotatable bonds is 9. The molecule has 6 heteroatoms. The van der Waals surface area contributed by atoms with Gasteiger partial charge in [-0.1, -0.05) is 30.3 Å². The van der Waals surface area contributed by atoms with Gasteiger partial charge in [-0.15, -0.1) is 23.5 Å². The lowest BCUT2D eigenvalue weighted by molar-refractivity contribution is -0.236. The Morgan fingerprint density at radius 3 is 2.00 bits per heavy atom. The third-order valence-corrected chi connectivity index (χ3v) is 7.35. The van der Waals surface area contributed by atoms with Gasteiger partial charge in [0.15, 0.2) is 0 Å². The smallest absolute Gasteiger partial charge is 0.123 e. The van der Waals surface area contributed by atoms with Crippen molar-refractivity contribution in [2.45, 2.75) is 48.8 Å². The molecule has 0 amide bonds. The molecule has 0 aliphatic carbocycles. The van der Waals surface area contributed by atoms with Crippen LogP contribution in [0.1, 0.15) is 26.3 Å². The van der Waals surface area contributed by atoms with Crippen molar-refractivity contribution in [1.29, 1.82) is 0 Å². The maximum Gasteiger partial charge on any atom is 0.123 e. The van der Waals surface area contributed by atoms with E-state index in [1.807, 2.05) is 42.8 Å². The Kier molecular flexibility index (Phi) is 7.44. The van der Waals surface area contributed by atoms with Crippen LogP contribution >= 0.6 is 23.5 Å². The first kappa shape index (κ1) is 20.8. The third kappa shape index (κ3) is 4.65. The number of thioether (sulfide) groups is 2. The molecule has 0 radical (unpaired) electrons. The summed E-state index contributed by atoms with van der Waals surface area (Å²) in [7, 11) is 0. The fourth-order valence-corrected chi connectivity index (χ4v) is 4.56. The molecular weight excluding hydrogens is 332 g/mol. The van der Waals surface area contributed by atoms with E-state index in [1.165, 1.54) is 37.4 Å². The van der Waals surface area contributed by atoms with E-state index in [-0.39, 0.29) is 11.2 Å². The Bertz CT molecular complexity index is 471. The standard InChI is InChI=1S/C17H28O4S2/c1-15(18,12-21-11-13-9-7-6-8-10-13)17(3,20)16(2,19)14(22-4)23-5/h6-10,14,18-20H,11-12H2,1-5H3. The molecule has 3 N–H and O–H groups in total. The van der Waals surface area contributed by atoms with Gasteiger partial charge in [0, 0.05) is 0 Å². The van der Waals surface area contributed by atoms with E-state index < -0.39 is 16.8 Å². The molecule has 132 valence electrons. The molecule has 1 aromatic carbocycles. The zero-order valence-corrected chi connectivity index (χ0v) is 16.1. The summed E-state index contributed by atoms with van der Waals surface area (Å²) >= 11 is 2.88. The van der Waals surface area contributed by atoms with Crippen molar-refractivity contribution < 1.29 is 20.1 Å². The number of ether oxygens (including phenoxy) is 1. The van der Waals surface area contributed by atoms with Gasteiger partial charge < -0.3 is 20.1 Å². The summed E-state index contributed by atoms with van der Waals surface area (Å²) in [6.45, 7) is 4.75. The van der Waals surface area contributed by atoms with E-state index in [0.717, 1.165) is 5.56 Å². The number of hydrogen-bond donors (Lipinski definition) is 3. The summed E-state index contributed by atoms with van der Waals surface area (Å²) in [5, 5.41) is 32.5. The van der Waals surface area contributed by atoms with Crippen molar-refractivity contribution in [3.8, 4) is 0 Å². The van der Waals surface area contributed by atoms with Crippen LogP contribution in [0.4, 0.5) is 0 Å². The second-order valence-electron chi connectivity index (χ2n) is 6.28. The second-order valence-corrected chi connectivity index (χ2v) is 8.46. The van der Waals surface area contributed by atoms with E-state index in [2.05, 4.69) is 0 Å². The Labute approximate surface area is 147 Å².